The van der Waals surface area contributed by atoms with Crippen LogP contribution in [0.15, 0.2) is 59.3 Å². The van der Waals surface area contributed by atoms with E-state index in [2.05, 4.69) is 31.9 Å². The Kier molecular flexibility index (Phi) is 4.97. The molecule has 144 valence electrons. The van der Waals surface area contributed by atoms with Gasteiger partial charge in [0.25, 0.3) is 5.91 Å². The molecule has 0 aliphatic carbocycles. The van der Waals surface area contributed by atoms with E-state index in [0.29, 0.717) is 17.3 Å². The Morgan fingerprint density at radius 1 is 1.25 bits per heavy atom. The number of rotatable bonds is 5. The number of aromatic nitrogens is 3. The number of carbonyl (C=O) groups excluding carboxylic acids is 1. The molecule has 4 N–H and O–H groups in total. The van der Waals surface area contributed by atoms with Crippen LogP contribution >= 0.6 is 10.0 Å². The van der Waals surface area contributed by atoms with Crippen LogP contribution in [0.2, 0.25) is 0 Å². The number of fused-ring (bicyclic) bond motifs is 1. The summed E-state index contributed by atoms with van der Waals surface area (Å²) >= 11 is 0. The molecule has 1 unspecified atom stereocenters. The lowest BCUT2D eigenvalue weighted by molar-refractivity contribution is 0.0978. The number of nitrogens with two attached hydrogens (primary N) is 1. The van der Waals surface area contributed by atoms with Gasteiger partial charge in [-0.15, -0.1) is 0 Å². The first-order chi connectivity index (χ1) is 13.6. The molecule has 0 bridgehead atoms. The Hall–Kier alpha value is -2.97. The normalized spacial score (nSPS) is 21.1. The quantitative estimate of drug-likeness (QED) is 0.618. The summed E-state index contributed by atoms with van der Waals surface area (Å²) in [6.45, 7) is 0.604. The number of amidine groups is 1. The molecule has 1 aliphatic rings. The summed E-state index contributed by atoms with van der Waals surface area (Å²) in [6.07, 6.45) is 6.38. The van der Waals surface area contributed by atoms with Crippen molar-refractivity contribution in [2.45, 2.75) is 6.42 Å². The molecule has 1 aliphatic heterocycles. The predicted molar refractivity (Wildman–Crippen MR) is 115 cm³/mol. The molecule has 0 spiro atoms. The van der Waals surface area contributed by atoms with E-state index in [1.807, 2.05) is 24.3 Å². The molecule has 0 fully saturated rings. The van der Waals surface area contributed by atoms with Crippen molar-refractivity contribution in [2.75, 3.05) is 18.6 Å². The molecule has 0 saturated carbocycles. The highest BCUT2D eigenvalue weighted by Gasteiger charge is 2.31. The molecule has 0 saturated heterocycles. The minimum atomic E-state index is -1.42. The zero-order valence-electron chi connectivity index (χ0n) is 15.6. The van der Waals surface area contributed by atoms with E-state index in [4.69, 9.17) is 10.7 Å². The number of nitrogens with one attached hydrogen (secondary N) is 2. The van der Waals surface area contributed by atoms with Crippen LogP contribution in [0.4, 0.5) is 0 Å². The third-order valence-electron chi connectivity index (χ3n) is 4.64. The second-order valence-corrected chi connectivity index (χ2v) is 10.1. The van der Waals surface area contributed by atoms with Crippen molar-refractivity contribution in [3.05, 3.63) is 65.6 Å². The molecule has 28 heavy (non-hydrogen) atoms. The van der Waals surface area contributed by atoms with Gasteiger partial charge in [0.15, 0.2) is 5.17 Å². The van der Waals surface area contributed by atoms with Gasteiger partial charge < -0.3 is 16.0 Å². The van der Waals surface area contributed by atoms with Gasteiger partial charge >= 0.3 is 0 Å². The summed E-state index contributed by atoms with van der Waals surface area (Å²) in [7, 11) is -1.42. The third kappa shape index (κ3) is 3.56. The highest BCUT2D eigenvalue weighted by Crippen LogP contribution is 2.53. The Bertz CT molecular complexity index is 1070. The number of hydrogen-bond acceptors (Lipinski definition) is 5. The SMILES string of the molecule is CS1(CCCN)C=C(c2ccccn2)N=C1NC(=O)c1ccc2nc[nH]c2c1. The van der Waals surface area contributed by atoms with Gasteiger partial charge in [0, 0.05) is 11.8 Å². The van der Waals surface area contributed by atoms with E-state index >= 15 is 0 Å². The summed E-state index contributed by atoms with van der Waals surface area (Å²) in [6, 6.07) is 11.1. The van der Waals surface area contributed by atoms with Crippen molar-refractivity contribution in [3.8, 4) is 0 Å². The van der Waals surface area contributed by atoms with Crippen LogP contribution < -0.4 is 11.1 Å². The minimum Gasteiger partial charge on any atom is -0.345 e. The summed E-state index contributed by atoms with van der Waals surface area (Å²) in [5, 5.41) is 5.90. The number of aliphatic imine (C=N–C) groups is 1. The first-order valence-corrected chi connectivity index (χ1v) is 11.3. The van der Waals surface area contributed by atoms with Crippen LogP contribution in [0.3, 0.4) is 0 Å². The van der Waals surface area contributed by atoms with Crippen LogP contribution in [-0.2, 0) is 0 Å². The number of amides is 1. The van der Waals surface area contributed by atoms with Gasteiger partial charge in [-0.2, -0.15) is 10.0 Å². The van der Waals surface area contributed by atoms with Crippen molar-refractivity contribution in [3.63, 3.8) is 0 Å². The largest absolute Gasteiger partial charge is 0.345 e. The number of imidazole rings is 1. The minimum absolute atomic E-state index is 0.183. The van der Waals surface area contributed by atoms with Gasteiger partial charge in [-0.3, -0.25) is 9.78 Å². The topological polar surface area (TPSA) is 109 Å². The van der Waals surface area contributed by atoms with Crippen molar-refractivity contribution in [1.82, 2.24) is 20.3 Å². The smallest absolute Gasteiger partial charge is 0.257 e. The standard InChI is InChI=1S/C20H22N6OS/c1-28(10-4-8-21)12-18(15-5-2-3-9-22-15)25-20(28)26-19(27)14-6-7-16-17(11-14)24-13-23-16/h2-3,5-7,9,11-13H,4,8,10,21H2,1H3,(H,23,24)(H,25,26,27). The Labute approximate surface area is 164 Å². The van der Waals surface area contributed by atoms with E-state index in [1.165, 1.54) is 0 Å². The monoisotopic (exact) mass is 394 g/mol. The molecule has 1 aromatic carbocycles. The number of carbonyl (C=O) groups is 1. The molecular formula is C20H22N6OS. The average Bonchev–Trinajstić information content (AvgIpc) is 3.31. The Morgan fingerprint density at radius 2 is 2.14 bits per heavy atom. The molecule has 2 aromatic heterocycles. The van der Waals surface area contributed by atoms with Crippen LogP contribution in [-0.4, -0.2) is 44.6 Å². The molecular weight excluding hydrogens is 372 g/mol. The fourth-order valence-electron chi connectivity index (χ4n) is 3.10. The lowest BCUT2D eigenvalue weighted by atomic mass is 10.2. The van der Waals surface area contributed by atoms with Gasteiger partial charge in [0.05, 0.1) is 28.8 Å². The summed E-state index contributed by atoms with van der Waals surface area (Å²) in [5.74, 6) is 0.691. The van der Waals surface area contributed by atoms with Gasteiger partial charge in [-0.05, 0) is 60.7 Å². The second kappa shape index (κ2) is 7.57. The van der Waals surface area contributed by atoms with E-state index < -0.39 is 10.0 Å². The lowest BCUT2D eigenvalue weighted by Gasteiger charge is -2.30. The molecule has 3 heterocycles. The first-order valence-electron chi connectivity index (χ1n) is 9.01. The average molecular weight is 395 g/mol. The number of pyridine rings is 1. The zero-order chi connectivity index (χ0) is 19.6. The van der Waals surface area contributed by atoms with Crippen molar-refractivity contribution >= 4 is 37.8 Å². The maximum absolute atomic E-state index is 12.9. The van der Waals surface area contributed by atoms with Gasteiger partial charge in [-0.1, -0.05) is 6.07 Å². The predicted octanol–water partition coefficient (Wildman–Crippen LogP) is 2.84. The molecule has 0 radical (unpaired) electrons. The van der Waals surface area contributed by atoms with Gasteiger partial charge in [0.2, 0.25) is 0 Å². The van der Waals surface area contributed by atoms with Crippen molar-refractivity contribution in [2.24, 2.45) is 10.7 Å². The Morgan fingerprint density at radius 3 is 2.93 bits per heavy atom. The fourth-order valence-corrected chi connectivity index (χ4v) is 5.59. The van der Waals surface area contributed by atoms with Crippen LogP contribution in [0.1, 0.15) is 22.5 Å². The number of H-pyrrole nitrogens is 1. The maximum Gasteiger partial charge on any atom is 0.257 e. The van der Waals surface area contributed by atoms with Gasteiger partial charge in [0.1, 0.15) is 0 Å². The zero-order valence-corrected chi connectivity index (χ0v) is 16.4. The highest BCUT2D eigenvalue weighted by atomic mass is 32.3. The van der Waals surface area contributed by atoms with E-state index in [1.54, 1.807) is 24.7 Å². The molecule has 4 rings (SSSR count). The third-order valence-corrected chi connectivity index (χ3v) is 7.60. The molecule has 1 amide bonds. The van der Waals surface area contributed by atoms with E-state index in [9.17, 15) is 4.79 Å². The lowest BCUT2D eigenvalue weighted by Crippen LogP contribution is -2.33. The number of nitrogens with zero attached hydrogens (tertiary/aromatic N) is 3. The number of aromatic amines is 1. The molecule has 7 nitrogen and oxygen atoms in total. The van der Waals surface area contributed by atoms with Gasteiger partial charge in [-0.25, -0.2) is 9.98 Å². The highest BCUT2D eigenvalue weighted by molar-refractivity contribution is 8.47. The summed E-state index contributed by atoms with van der Waals surface area (Å²) in [5.41, 5.74) is 9.55. The first kappa shape index (κ1) is 18.4. The van der Waals surface area contributed by atoms with E-state index in [0.717, 1.165) is 34.6 Å². The number of hydrogen-bond donors (Lipinski definition) is 3. The van der Waals surface area contributed by atoms with Crippen molar-refractivity contribution in [1.29, 1.82) is 0 Å². The molecule has 3 aromatic rings. The molecule has 8 heteroatoms. The van der Waals surface area contributed by atoms with E-state index in [-0.39, 0.29) is 5.91 Å². The van der Waals surface area contributed by atoms with Crippen molar-refractivity contribution < 1.29 is 4.79 Å². The summed E-state index contributed by atoms with van der Waals surface area (Å²) < 4.78 is 0. The number of benzene rings is 1. The second-order valence-electron chi connectivity index (χ2n) is 6.73. The van der Waals surface area contributed by atoms with Crippen LogP contribution in [0.5, 0.6) is 0 Å². The van der Waals surface area contributed by atoms with Crippen LogP contribution in [0.25, 0.3) is 16.7 Å². The Balaban J connectivity index is 1.62. The molecule has 1 atom stereocenters. The van der Waals surface area contributed by atoms with Crippen LogP contribution in [0, 0.1) is 0 Å². The maximum atomic E-state index is 12.9. The fraction of sp³-hybridized carbons (Fsp3) is 0.200. The summed E-state index contributed by atoms with van der Waals surface area (Å²) in [4.78, 5) is 29.3.